The normalized spacial score (nSPS) is 18.0. The van der Waals surface area contributed by atoms with Crippen LogP contribution in [0.2, 0.25) is 0 Å². The lowest BCUT2D eigenvalue weighted by molar-refractivity contribution is -0.148. The lowest BCUT2D eigenvalue weighted by Gasteiger charge is -2.21. The highest BCUT2D eigenvalue weighted by atomic mass is 19.3. The first-order chi connectivity index (χ1) is 11.2. The quantitative estimate of drug-likeness (QED) is 0.795. The molecule has 1 fully saturated rings. The Morgan fingerprint density at radius 1 is 1.42 bits per heavy atom. The standard InChI is InChI=1S/C14H14F4N2O4/c15-13(16)14(17,18)7-24-10-4-3-8(6-19-10)11(21)20-5-1-2-9(20)12(22)23/h3-4,6,9,13H,1-2,5,7H2,(H,22,23)/t9-/m0/s1. The highest BCUT2D eigenvalue weighted by molar-refractivity contribution is 5.96. The molecule has 1 aliphatic rings. The first kappa shape index (κ1) is 18.0. The van der Waals surface area contributed by atoms with Crippen LogP contribution in [0.3, 0.4) is 0 Å². The van der Waals surface area contributed by atoms with Gasteiger partial charge in [-0.3, -0.25) is 4.79 Å². The Kier molecular flexibility index (Phi) is 5.25. The van der Waals surface area contributed by atoms with E-state index < -0.39 is 36.9 Å². The number of hydrogen-bond acceptors (Lipinski definition) is 4. The molecule has 1 aromatic rings. The van der Waals surface area contributed by atoms with Gasteiger partial charge in [0.15, 0.2) is 6.61 Å². The van der Waals surface area contributed by atoms with Gasteiger partial charge in [0.1, 0.15) is 6.04 Å². The molecule has 1 N–H and O–H groups in total. The Bertz CT molecular complexity index is 609. The molecule has 1 aromatic heterocycles. The monoisotopic (exact) mass is 350 g/mol. The van der Waals surface area contributed by atoms with E-state index in [0.717, 1.165) is 12.3 Å². The second-order valence-corrected chi connectivity index (χ2v) is 5.23. The average molecular weight is 350 g/mol. The smallest absolute Gasteiger partial charge is 0.340 e. The Morgan fingerprint density at radius 3 is 2.67 bits per heavy atom. The number of carbonyl (C=O) groups excluding carboxylic acids is 1. The summed E-state index contributed by atoms with van der Waals surface area (Å²) in [6.07, 6.45) is -1.94. The molecule has 0 spiro atoms. The minimum Gasteiger partial charge on any atom is -0.480 e. The van der Waals surface area contributed by atoms with Crippen molar-refractivity contribution in [2.45, 2.75) is 31.2 Å². The van der Waals surface area contributed by atoms with Crippen molar-refractivity contribution in [1.82, 2.24) is 9.88 Å². The molecule has 10 heteroatoms. The van der Waals surface area contributed by atoms with E-state index in [-0.39, 0.29) is 18.0 Å². The molecule has 0 aromatic carbocycles. The van der Waals surface area contributed by atoms with Crippen molar-refractivity contribution >= 4 is 11.9 Å². The van der Waals surface area contributed by atoms with Crippen molar-refractivity contribution in [3.05, 3.63) is 23.9 Å². The average Bonchev–Trinajstić information content (AvgIpc) is 3.02. The molecule has 0 aliphatic carbocycles. The number of nitrogens with zero attached hydrogens (tertiary/aromatic N) is 2. The van der Waals surface area contributed by atoms with Crippen molar-refractivity contribution in [3.63, 3.8) is 0 Å². The maximum atomic E-state index is 12.7. The van der Waals surface area contributed by atoms with Crippen LogP contribution in [-0.4, -0.2) is 58.4 Å². The maximum Gasteiger partial charge on any atom is 0.340 e. The van der Waals surface area contributed by atoms with Crippen LogP contribution in [0.4, 0.5) is 17.6 Å². The van der Waals surface area contributed by atoms with E-state index in [9.17, 15) is 27.2 Å². The second-order valence-electron chi connectivity index (χ2n) is 5.23. The number of carbonyl (C=O) groups is 2. The van der Waals surface area contributed by atoms with Crippen molar-refractivity contribution in [2.75, 3.05) is 13.2 Å². The molecular formula is C14H14F4N2O4. The van der Waals surface area contributed by atoms with Gasteiger partial charge < -0.3 is 14.7 Å². The van der Waals surface area contributed by atoms with Crippen LogP contribution in [0.25, 0.3) is 0 Å². The van der Waals surface area contributed by atoms with E-state index in [1.54, 1.807) is 0 Å². The van der Waals surface area contributed by atoms with Crippen molar-refractivity contribution in [1.29, 1.82) is 0 Å². The van der Waals surface area contributed by atoms with E-state index in [1.807, 2.05) is 0 Å². The number of pyridine rings is 1. The van der Waals surface area contributed by atoms with Gasteiger partial charge in [0.05, 0.1) is 5.56 Å². The molecule has 1 atom stereocenters. The van der Waals surface area contributed by atoms with Crippen molar-refractivity contribution in [2.24, 2.45) is 0 Å². The number of rotatable bonds is 6. The van der Waals surface area contributed by atoms with Gasteiger partial charge in [-0.2, -0.15) is 8.78 Å². The number of halogens is 4. The maximum absolute atomic E-state index is 12.7. The van der Waals surface area contributed by atoms with Crippen LogP contribution >= 0.6 is 0 Å². The minimum atomic E-state index is -4.31. The van der Waals surface area contributed by atoms with Crippen LogP contribution in [0.5, 0.6) is 5.88 Å². The number of likely N-dealkylation sites (tertiary alicyclic amines) is 1. The predicted molar refractivity (Wildman–Crippen MR) is 72.4 cm³/mol. The number of aromatic nitrogens is 1. The lowest BCUT2D eigenvalue weighted by atomic mass is 10.2. The van der Waals surface area contributed by atoms with E-state index >= 15 is 0 Å². The lowest BCUT2D eigenvalue weighted by Crippen LogP contribution is -2.40. The van der Waals surface area contributed by atoms with E-state index in [4.69, 9.17) is 5.11 Å². The van der Waals surface area contributed by atoms with Crippen LogP contribution in [0, 0.1) is 0 Å². The zero-order chi connectivity index (χ0) is 17.9. The summed E-state index contributed by atoms with van der Waals surface area (Å²) in [5.74, 6) is -6.32. The van der Waals surface area contributed by atoms with Gasteiger partial charge >= 0.3 is 18.3 Å². The van der Waals surface area contributed by atoms with Crippen LogP contribution in [0.15, 0.2) is 18.3 Å². The van der Waals surface area contributed by atoms with Gasteiger partial charge in [-0.15, -0.1) is 0 Å². The number of carboxylic acid groups (broad SMARTS) is 1. The molecule has 2 heterocycles. The first-order valence-electron chi connectivity index (χ1n) is 7.01. The molecule has 0 bridgehead atoms. The van der Waals surface area contributed by atoms with Crippen molar-refractivity contribution in [3.8, 4) is 5.88 Å². The van der Waals surface area contributed by atoms with Gasteiger partial charge in [-0.25, -0.2) is 18.6 Å². The van der Waals surface area contributed by atoms with Gasteiger partial charge in [-0.1, -0.05) is 0 Å². The third kappa shape index (κ3) is 3.92. The zero-order valence-electron chi connectivity index (χ0n) is 12.3. The number of ether oxygens (including phenoxy) is 1. The molecule has 6 nitrogen and oxygen atoms in total. The third-order valence-electron chi connectivity index (χ3n) is 3.51. The summed E-state index contributed by atoms with van der Waals surface area (Å²) >= 11 is 0. The summed E-state index contributed by atoms with van der Waals surface area (Å²) in [7, 11) is 0. The molecule has 0 unspecified atom stereocenters. The summed E-state index contributed by atoms with van der Waals surface area (Å²) in [6.45, 7) is -1.26. The van der Waals surface area contributed by atoms with Crippen LogP contribution in [-0.2, 0) is 4.79 Å². The van der Waals surface area contributed by atoms with Crippen LogP contribution < -0.4 is 4.74 Å². The minimum absolute atomic E-state index is 0.0520. The largest absolute Gasteiger partial charge is 0.480 e. The molecule has 24 heavy (non-hydrogen) atoms. The summed E-state index contributed by atoms with van der Waals surface area (Å²) in [4.78, 5) is 28.1. The summed E-state index contributed by atoms with van der Waals surface area (Å²) in [5, 5.41) is 9.05. The fourth-order valence-corrected chi connectivity index (χ4v) is 2.26. The second kappa shape index (κ2) is 7.02. The molecule has 0 saturated carbocycles. The number of carboxylic acids is 1. The highest BCUT2D eigenvalue weighted by Crippen LogP contribution is 2.24. The molecule has 132 valence electrons. The molecule has 2 rings (SSSR count). The van der Waals surface area contributed by atoms with Gasteiger partial charge in [-0.05, 0) is 18.9 Å². The van der Waals surface area contributed by atoms with Crippen LogP contribution in [0.1, 0.15) is 23.2 Å². The van der Waals surface area contributed by atoms with E-state index in [2.05, 4.69) is 9.72 Å². The molecule has 1 amide bonds. The molecule has 0 radical (unpaired) electrons. The number of aliphatic carboxylic acids is 1. The molecule has 1 aliphatic heterocycles. The SMILES string of the molecule is O=C(O)[C@@H]1CCCN1C(=O)c1ccc(OCC(F)(F)C(F)F)nc1. The summed E-state index contributed by atoms with van der Waals surface area (Å²) in [6, 6.07) is 1.38. The Balaban J connectivity index is 2.01. The van der Waals surface area contributed by atoms with E-state index in [1.165, 1.54) is 11.0 Å². The summed E-state index contributed by atoms with van der Waals surface area (Å²) < 4.78 is 54.0. The Morgan fingerprint density at radius 2 is 2.12 bits per heavy atom. The first-order valence-corrected chi connectivity index (χ1v) is 7.01. The molecular weight excluding hydrogens is 336 g/mol. The van der Waals surface area contributed by atoms with Crippen molar-refractivity contribution < 1.29 is 37.0 Å². The van der Waals surface area contributed by atoms with E-state index in [0.29, 0.717) is 12.8 Å². The number of alkyl halides is 4. The highest BCUT2D eigenvalue weighted by Gasteiger charge is 2.42. The number of amides is 1. The zero-order valence-corrected chi connectivity index (χ0v) is 12.3. The van der Waals surface area contributed by atoms with Gasteiger partial charge in [0.25, 0.3) is 5.91 Å². The fraction of sp³-hybridized carbons (Fsp3) is 0.500. The third-order valence-corrected chi connectivity index (χ3v) is 3.51. The van der Waals surface area contributed by atoms with Gasteiger partial charge in [0.2, 0.25) is 5.88 Å². The topological polar surface area (TPSA) is 79.7 Å². The summed E-state index contributed by atoms with van der Waals surface area (Å²) in [5.41, 5.74) is 0.0520. The predicted octanol–water partition coefficient (Wildman–Crippen LogP) is 2.05. The van der Waals surface area contributed by atoms with Gasteiger partial charge in [0, 0.05) is 18.8 Å². The Hall–Kier alpha value is -2.39. The fourth-order valence-electron chi connectivity index (χ4n) is 2.26. The molecule has 1 saturated heterocycles. The Labute approximate surface area is 134 Å². The number of hydrogen-bond donors (Lipinski definition) is 1.